The first-order chi connectivity index (χ1) is 12.6. The summed E-state index contributed by atoms with van der Waals surface area (Å²) in [5.41, 5.74) is 1.87. The maximum absolute atomic E-state index is 12.2. The van der Waals surface area contributed by atoms with Crippen molar-refractivity contribution in [1.82, 2.24) is 4.98 Å². The fourth-order valence-corrected chi connectivity index (χ4v) is 4.58. The highest BCUT2D eigenvalue weighted by Gasteiger charge is 2.29. The largest absolute Gasteiger partial charge is 0.478 e. The predicted octanol–water partition coefficient (Wildman–Crippen LogP) is 2.79. The van der Waals surface area contributed by atoms with Crippen LogP contribution < -0.4 is 10.2 Å². The van der Waals surface area contributed by atoms with Crippen LogP contribution in [0.2, 0.25) is 0 Å². The van der Waals surface area contributed by atoms with E-state index in [0.717, 1.165) is 40.6 Å². The lowest BCUT2D eigenvalue weighted by molar-refractivity contribution is -0.113. The number of aromatic nitrogens is 1. The van der Waals surface area contributed by atoms with Crippen molar-refractivity contribution in [2.24, 2.45) is 4.99 Å². The van der Waals surface area contributed by atoms with Crippen molar-refractivity contribution in [3.05, 3.63) is 42.1 Å². The number of benzene rings is 1. The number of amides is 1. The van der Waals surface area contributed by atoms with Gasteiger partial charge in [0.25, 0.3) is 0 Å². The van der Waals surface area contributed by atoms with E-state index in [2.05, 4.69) is 20.2 Å². The number of hydrogen-bond acceptors (Lipinski definition) is 7. The van der Waals surface area contributed by atoms with Crippen LogP contribution in [-0.4, -0.2) is 46.0 Å². The molecular weight excluding hydrogens is 372 g/mol. The van der Waals surface area contributed by atoms with Gasteiger partial charge in [-0.3, -0.25) is 9.79 Å². The molecule has 1 aromatic carbocycles. The molecule has 0 fully saturated rings. The van der Waals surface area contributed by atoms with Crippen LogP contribution in [0.5, 0.6) is 0 Å². The number of aliphatic imine (C=N–C) groups is 1. The van der Waals surface area contributed by atoms with E-state index >= 15 is 0 Å². The summed E-state index contributed by atoms with van der Waals surface area (Å²) >= 11 is 2.75. The van der Waals surface area contributed by atoms with E-state index in [0.29, 0.717) is 10.7 Å². The summed E-state index contributed by atoms with van der Waals surface area (Å²) in [5.74, 6) is -1.18. The number of hydrogen-bond donors (Lipinski definition) is 2. The average molecular weight is 386 g/mol. The molecule has 0 bridgehead atoms. The van der Waals surface area contributed by atoms with Crippen molar-refractivity contribution in [2.45, 2.75) is 9.92 Å². The molecule has 2 aliphatic heterocycles. The number of rotatable bonds is 5. The molecule has 1 amide bonds. The molecule has 2 aliphatic rings. The smallest absolute Gasteiger partial charge is 0.338 e. The van der Waals surface area contributed by atoms with Gasteiger partial charge in [-0.1, -0.05) is 11.8 Å². The summed E-state index contributed by atoms with van der Waals surface area (Å²) < 4.78 is 0. The number of fused-ring (bicyclic) bond motifs is 3. The molecule has 26 heavy (non-hydrogen) atoms. The van der Waals surface area contributed by atoms with Crippen molar-refractivity contribution in [2.75, 3.05) is 29.1 Å². The second-order valence-corrected chi connectivity index (χ2v) is 7.57. The number of thioether (sulfide) groups is 2. The molecule has 1 aromatic heterocycles. The molecule has 4 rings (SSSR count). The van der Waals surface area contributed by atoms with Crippen LogP contribution in [0.3, 0.4) is 0 Å². The van der Waals surface area contributed by atoms with Crippen molar-refractivity contribution in [3.63, 3.8) is 0 Å². The SMILES string of the molecule is O=C(CSc1ncccc1C(=O)O)Nc1ccc2c(c1)N1CCN=C1S2. The van der Waals surface area contributed by atoms with Crippen LogP contribution >= 0.6 is 23.5 Å². The third-order valence-electron chi connectivity index (χ3n) is 3.88. The first-order valence-corrected chi connectivity index (χ1v) is 9.67. The zero-order valence-corrected chi connectivity index (χ0v) is 15.1. The Hall–Kier alpha value is -2.52. The molecule has 3 heterocycles. The molecule has 0 radical (unpaired) electrons. The van der Waals surface area contributed by atoms with E-state index in [1.165, 1.54) is 12.3 Å². The van der Waals surface area contributed by atoms with E-state index in [1.54, 1.807) is 17.8 Å². The number of nitrogens with zero attached hydrogens (tertiary/aromatic N) is 3. The first-order valence-electron chi connectivity index (χ1n) is 7.86. The van der Waals surface area contributed by atoms with Crippen molar-refractivity contribution in [1.29, 1.82) is 0 Å². The summed E-state index contributed by atoms with van der Waals surface area (Å²) in [4.78, 5) is 35.2. The van der Waals surface area contributed by atoms with Crippen molar-refractivity contribution in [3.8, 4) is 0 Å². The van der Waals surface area contributed by atoms with Gasteiger partial charge in [-0.2, -0.15) is 0 Å². The van der Waals surface area contributed by atoms with Crippen LogP contribution in [-0.2, 0) is 4.79 Å². The Morgan fingerprint density at radius 2 is 2.23 bits per heavy atom. The lowest BCUT2D eigenvalue weighted by Gasteiger charge is -2.13. The number of carboxylic acids is 1. The summed E-state index contributed by atoms with van der Waals surface area (Å²) in [6.07, 6.45) is 1.51. The number of carbonyl (C=O) groups is 2. The lowest BCUT2D eigenvalue weighted by atomic mass is 10.2. The average Bonchev–Trinajstić information content (AvgIpc) is 3.21. The third kappa shape index (κ3) is 3.27. The first kappa shape index (κ1) is 16.9. The number of anilines is 2. The Bertz CT molecular complexity index is 932. The second-order valence-electron chi connectivity index (χ2n) is 5.60. The molecule has 2 aromatic rings. The number of amidine groups is 1. The Balaban J connectivity index is 1.41. The molecule has 2 N–H and O–H groups in total. The maximum Gasteiger partial charge on any atom is 0.338 e. The molecular formula is C17H14N4O3S2. The van der Waals surface area contributed by atoms with E-state index < -0.39 is 5.97 Å². The zero-order valence-electron chi connectivity index (χ0n) is 13.5. The van der Waals surface area contributed by atoms with Gasteiger partial charge in [-0.25, -0.2) is 9.78 Å². The number of carbonyl (C=O) groups excluding carboxylic acids is 1. The molecule has 7 nitrogen and oxygen atoms in total. The van der Waals surface area contributed by atoms with Crippen LogP contribution in [0.25, 0.3) is 0 Å². The van der Waals surface area contributed by atoms with Gasteiger partial charge in [-0.15, -0.1) is 0 Å². The fourth-order valence-electron chi connectivity index (χ4n) is 2.73. The van der Waals surface area contributed by atoms with Gasteiger partial charge in [0.05, 0.1) is 23.5 Å². The summed E-state index contributed by atoms with van der Waals surface area (Å²) in [6.45, 7) is 1.66. The molecule has 0 spiro atoms. The van der Waals surface area contributed by atoms with Crippen LogP contribution in [0.15, 0.2) is 51.4 Å². The highest BCUT2D eigenvalue weighted by atomic mass is 32.2. The quantitative estimate of drug-likeness (QED) is 0.763. The summed E-state index contributed by atoms with van der Waals surface area (Å²) in [5, 5.41) is 13.4. The highest BCUT2D eigenvalue weighted by Crippen LogP contribution is 2.43. The normalized spacial score (nSPS) is 14.6. The van der Waals surface area contributed by atoms with Gasteiger partial charge >= 0.3 is 5.97 Å². The van der Waals surface area contributed by atoms with E-state index in [-0.39, 0.29) is 17.2 Å². The minimum atomic E-state index is -1.06. The second kappa shape index (κ2) is 7.00. The topological polar surface area (TPSA) is 94.9 Å². The highest BCUT2D eigenvalue weighted by molar-refractivity contribution is 8.14. The van der Waals surface area contributed by atoms with Crippen LogP contribution in [0.4, 0.5) is 11.4 Å². The Morgan fingerprint density at radius 1 is 1.35 bits per heavy atom. The third-order valence-corrected chi connectivity index (χ3v) is 5.98. The molecule has 0 unspecified atom stereocenters. The number of pyridine rings is 1. The van der Waals surface area contributed by atoms with Crippen LogP contribution in [0, 0.1) is 0 Å². The van der Waals surface area contributed by atoms with Gasteiger partial charge in [0.1, 0.15) is 5.03 Å². The zero-order chi connectivity index (χ0) is 18.1. The van der Waals surface area contributed by atoms with Gasteiger partial charge < -0.3 is 15.3 Å². The number of aromatic carboxylic acids is 1. The molecule has 9 heteroatoms. The van der Waals surface area contributed by atoms with Gasteiger partial charge in [-0.05, 0) is 42.1 Å². The Labute approximate surface area is 157 Å². The summed E-state index contributed by atoms with van der Waals surface area (Å²) in [7, 11) is 0. The van der Waals surface area contributed by atoms with Gasteiger partial charge in [0.15, 0.2) is 5.17 Å². The Kier molecular flexibility index (Phi) is 4.56. The van der Waals surface area contributed by atoms with E-state index in [1.807, 2.05) is 18.2 Å². The monoisotopic (exact) mass is 386 g/mol. The van der Waals surface area contributed by atoms with Crippen molar-refractivity contribution < 1.29 is 14.7 Å². The maximum atomic E-state index is 12.2. The molecule has 0 saturated heterocycles. The number of carboxylic acid groups (broad SMARTS) is 1. The lowest BCUT2D eigenvalue weighted by Crippen LogP contribution is -2.21. The van der Waals surface area contributed by atoms with E-state index in [4.69, 9.17) is 5.11 Å². The molecule has 0 saturated carbocycles. The van der Waals surface area contributed by atoms with Crippen LogP contribution in [0.1, 0.15) is 10.4 Å². The fraction of sp³-hybridized carbons (Fsp3) is 0.176. The molecule has 132 valence electrons. The standard InChI is InChI=1S/C17H14N4O3S2/c22-14(9-25-15-11(16(23)24)2-1-5-18-15)20-10-3-4-13-12(8-10)21-7-6-19-17(21)26-13/h1-5,8H,6-7,9H2,(H,20,22)(H,23,24). The van der Waals surface area contributed by atoms with Gasteiger partial charge in [0, 0.05) is 23.3 Å². The van der Waals surface area contributed by atoms with E-state index in [9.17, 15) is 9.59 Å². The molecule has 0 atom stereocenters. The summed E-state index contributed by atoms with van der Waals surface area (Å²) in [6, 6.07) is 8.82. The molecule has 0 aliphatic carbocycles. The van der Waals surface area contributed by atoms with Crippen molar-refractivity contribution >= 4 is 51.9 Å². The Morgan fingerprint density at radius 3 is 3.08 bits per heavy atom. The predicted molar refractivity (Wildman–Crippen MR) is 102 cm³/mol. The number of nitrogens with one attached hydrogen (secondary N) is 1. The minimum Gasteiger partial charge on any atom is -0.478 e. The minimum absolute atomic E-state index is 0.0829. The van der Waals surface area contributed by atoms with Gasteiger partial charge in [0.2, 0.25) is 5.91 Å².